The van der Waals surface area contributed by atoms with E-state index in [-0.39, 0.29) is 22.9 Å². The molecule has 7 nitrogen and oxygen atoms in total. The second kappa shape index (κ2) is 6.96. The van der Waals surface area contributed by atoms with Gasteiger partial charge in [-0.05, 0) is 45.4 Å². The van der Waals surface area contributed by atoms with E-state index in [9.17, 15) is 14.4 Å². The summed E-state index contributed by atoms with van der Waals surface area (Å²) in [5.41, 5.74) is -2.05. The lowest BCUT2D eigenvalue weighted by Gasteiger charge is -2.21. The molecule has 0 aliphatic heterocycles. The molecule has 134 valence electrons. The van der Waals surface area contributed by atoms with Crippen molar-refractivity contribution in [3.63, 3.8) is 0 Å². The van der Waals surface area contributed by atoms with Crippen LogP contribution in [0.4, 0.5) is 0 Å². The third-order valence-electron chi connectivity index (χ3n) is 3.83. The minimum Gasteiger partial charge on any atom is -0.478 e. The van der Waals surface area contributed by atoms with Gasteiger partial charge >= 0.3 is 11.6 Å². The van der Waals surface area contributed by atoms with Crippen LogP contribution >= 0.6 is 0 Å². The number of ether oxygens (including phenoxy) is 1. The Morgan fingerprint density at radius 1 is 1.32 bits per heavy atom. The average molecular weight is 347 g/mol. The Hall–Kier alpha value is -2.83. The predicted octanol–water partition coefficient (Wildman–Crippen LogP) is 2.56. The van der Waals surface area contributed by atoms with E-state index in [4.69, 9.17) is 14.3 Å². The molecule has 0 aliphatic rings. The minimum absolute atomic E-state index is 0.0587. The number of rotatable bonds is 6. The van der Waals surface area contributed by atoms with E-state index in [1.165, 1.54) is 26.0 Å². The van der Waals surface area contributed by atoms with Crippen molar-refractivity contribution in [1.82, 2.24) is 5.32 Å². The zero-order valence-electron chi connectivity index (χ0n) is 14.6. The molecule has 2 rings (SSSR count). The molecule has 2 N–H and O–H groups in total. The van der Waals surface area contributed by atoms with E-state index in [1.54, 1.807) is 12.1 Å². The van der Waals surface area contributed by atoms with E-state index in [2.05, 4.69) is 5.32 Å². The third kappa shape index (κ3) is 4.17. The van der Waals surface area contributed by atoms with Crippen molar-refractivity contribution in [3.05, 3.63) is 40.2 Å². The lowest BCUT2D eigenvalue weighted by atomic mass is 10.1. The lowest BCUT2D eigenvalue weighted by Crippen LogP contribution is -2.37. The van der Waals surface area contributed by atoms with Gasteiger partial charge in [0.05, 0.1) is 0 Å². The molecular weight excluding hydrogens is 326 g/mol. The Morgan fingerprint density at radius 2 is 2.00 bits per heavy atom. The number of carbonyl (C=O) groups excluding carboxylic acids is 1. The molecule has 0 bridgehead atoms. The summed E-state index contributed by atoms with van der Waals surface area (Å²) in [5.74, 6) is -1.36. The van der Waals surface area contributed by atoms with Crippen molar-refractivity contribution in [2.45, 2.75) is 45.8 Å². The maximum atomic E-state index is 12.1. The van der Waals surface area contributed by atoms with Gasteiger partial charge in [0.25, 0.3) is 5.91 Å². The molecule has 1 amide bonds. The van der Waals surface area contributed by atoms with E-state index < -0.39 is 23.1 Å². The van der Waals surface area contributed by atoms with Crippen LogP contribution in [0, 0.1) is 0 Å². The number of hydrogen-bond acceptors (Lipinski definition) is 5. The number of carbonyl (C=O) groups is 2. The molecule has 1 unspecified atom stereocenters. The van der Waals surface area contributed by atoms with Crippen LogP contribution in [0.3, 0.4) is 0 Å². The van der Waals surface area contributed by atoms with E-state index in [0.717, 1.165) is 6.42 Å². The first-order valence-corrected chi connectivity index (χ1v) is 7.95. The number of fused-ring (bicyclic) bond motifs is 1. The summed E-state index contributed by atoms with van der Waals surface area (Å²) in [4.78, 5) is 35.4. The summed E-state index contributed by atoms with van der Waals surface area (Å²) in [7, 11) is 0. The van der Waals surface area contributed by atoms with Gasteiger partial charge in [-0.3, -0.25) is 4.79 Å². The number of amides is 1. The van der Waals surface area contributed by atoms with Crippen LogP contribution in [0.25, 0.3) is 11.0 Å². The molecule has 0 saturated heterocycles. The molecule has 0 fully saturated rings. The first-order valence-electron chi connectivity index (χ1n) is 7.95. The number of hydrogen-bond donors (Lipinski definition) is 2. The number of aliphatic carboxylic acids is 1. The van der Waals surface area contributed by atoms with Crippen LogP contribution in [0.15, 0.2) is 33.5 Å². The lowest BCUT2D eigenvalue weighted by molar-refractivity contribution is -0.152. The standard InChI is InChI=1S/C18H21NO6/c1-5-10(2)19-15(20)13-8-11-6-7-12(9-14(11)24-16(13)21)25-18(3,4)17(22)23/h6-10H,5H2,1-4H3,(H,19,20)(H,22,23). The van der Waals surface area contributed by atoms with E-state index in [0.29, 0.717) is 5.39 Å². The fraction of sp³-hybridized carbons (Fsp3) is 0.389. The van der Waals surface area contributed by atoms with Crippen molar-refractivity contribution in [3.8, 4) is 5.75 Å². The van der Waals surface area contributed by atoms with E-state index >= 15 is 0 Å². The third-order valence-corrected chi connectivity index (χ3v) is 3.83. The number of benzene rings is 1. The molecule has 7 heteroatoms. The first-order chi connectivity index (χ1) is 11.6. The summed E-state index contributed by atoms with van der Waals surface area (Å²) in [6.07, 6.45) is 0.741. The summed E-state index contributed by atoms with van der Waals surface area (Å²) in [5, 5.41) is 12.4. The van der Waals surface area contributed by atoms with Crippen molar-refractivity contribution < 1.29 is 23.8 Å². The molecule has 1 heterocycles. The molecule has 0 spiro atoms. The number of carboxylic acids is 1. The molecule has 0 aliphatic carbocycles. The van der Waals surface area contributed by atoms with E-state index in [1.807, 2.05) is 13.8 Å². The van der Waals surface area contributed by atoms with Crippen molar-refractivity contribution in [2.24, 2.45) is 0 Å². The van der Waals surface area contributed by atoms with Gasteiger partial charge in [-0.15, -0.1) is 0 Å². The fourth-order valence-corrected chi connectivity index (χ4v) is 2.06. The van der Waals surface area contributed by atoms with Crippen molar-refractivity contribution >= 4 is 22.8 Å². The molecule has 2 aromatic rings. The van der Waals surface area contributed by atoms with Gasteiger partial charge in [-0.1, -0.05) is 6.92 Å². The van der Waals surface area contributed by atoms with Crippen LogP contribution in [-0.4, -0.2) is 28.6 Å². The average Bonchev–Trinajstić information content (AvgIpc) is 2.53. The molecule has 25 heavy (non-hydrogen) atoms. The van der Waals surface area contributed by atoms with Crippen LogP contribution in [0.1, 0.15) is 44.5 Å². The summed E-state index contributed by atoms with van der Waals surface area (Å²) in [6, 6.07) is 5.98. The smallest absolute Gasteiger partial charge is 0.349 e. The predicted molar refractivity (Wildman–Crippen MR) is 92.0 cm³/mol. The zero-order chi connectivity index (χ0) is 18.8. The Morgan fingerprint density at radius 3 is 2.60 bits per heavy atom. The van der Waals surface area contributed by atoms with Gasteiger partial charge < -0.3 is 19.6 Å². The quantitative estimate of drug-likeness (QED) is 0.778. The molecule has 1 aromatic heterocycles. The second-order valence-electron chi connectivity index (χ2n) is 6.35. The van der Waals surface area contributed by atoms with Crippen LogP contribution < -0.4 is 15.7 Å². The first kappa shape index (κ1) is 18.5. The Kier molecular flexibility index (Phi) is 5.15. The fourth-order valence-electron chi connectivity index (χ4n) is 2.06. The largest absolute Gasteiger partial charge is 0.478 e. The van der Waals surface area contributed by atoms with Gasteiger partial charge in [0.1, 0.15) is 16.9 Å². The van der Waals surface area contributed by atoms with Crippen LogP contribution in [0.2, 0.25) is 0 Å². The summed E-state index contributed by atoms with van der Waals surface area (Å²) < 4.78 is 10.6. The SMILES string of the molecule is CCC(C)NC(=O)c1cc2ccc(OC(C)(C)C(=O)O)cc2oc1=O. The normalized spacial score (nSPS) is 12.6. The highest BCUT2D eigenvalue weighted by atomic mass is 16.5. The number of nitrogens with one attached hydrogen (secondary N) is 1. The molecule has 0 radical (unpaired) electrons. The minimum atomic E-state index is -1.43. The number of carboxylic acid groups (broad SMARTS) is 1. The Bertz CT molecular complexity index is 867. The van der Waals surface area contributed by atoms with Crippen molar-refractivity contribution in [2.75, 3.05) is 0 Å². The van der Waals surface area contributed by atoms with Gasteiger partial charge in [0, 0.05) is 17.5 Å². The monoisotopic (exact) mass is 347 g/mol. The molecule has 1 aromatic carbocycles. The van der Waals surface area contributed by atoms with Crippen LogP contribution in [-0.2, 0) is 4.79 Å². The van der Waals surface area contributed by atoms with Crippen LogP contribution in [0.5, 0.6) is 5.75 Å². The molecule has 0 saturated carbocycles. The zero-order valence-corrected chi connectivity index (χ0v) is 14.6. The maximum Gasteiger partial charge on any atom is 0.349 e. The summed E-state index contributed by atoms with van der Waals surface area (Å²) in [6.45, 7) is 6.60. The second-order valence-corrected chi connectivity index (χ2v) is 6.35. The highest BCUT2D eigenvalue weighted by Crippen LogP contribution is 2.24. The van der Waals surface area contributed by atoms with Gasteiger partial charge in [0.15, 0.2) is 5.60 Å². The Balaban J connectivity index is 2.37. The topological polar surface area (TPSA) is 106 Å². The van der Waals surface area contributed by atoms with Crippen molar-refractivity contribution in [1.29, 1.82) is 0 Å². The van der Waals surface area contributed by atoms with Gasteiger partial charge in [-0.25, -0.2) is 9.59 Å². The maximum absolute atomic E-state index is 12.1. The molecular formula is C18H21NO6. The molecule has 1 atom stereocenters. The summed E-state index contributed by atoms with van der Waals surface area (Å²) >= 11 is 0. The highest BCUT2D eigenvalue weighted by Gasteiger charge is 2.29. The van der Waals surface area contributed by atoms with Gasteiger partial charge in [0.2, 0.25) is 0 Å². The Labute approximate surface area is 144 Å². The van der Waals surface area contributed by atoms with Gasteiger partial charge in [-0.2, -0.15) is 0 Å². The highest BCUT2D eigenvalue weighted by molar-refractivity contribution is 5.96.